The third-order valence-corrected chi connectivity index (χ3v) is 4.40. The van der Waals surface area contributed by atoms with Crippen molar-refractivity contribution in [2.24, 2.45) is 11.8 Å². The molecule has 1 aliphatic heterocycles. The molecule has 0 bridgehead atoms. The third-order valence-electron chi connectivity index (χ3n) is 4.40. The topological polar surface area (TPSA) is 84.9 Å². The quantitative estimate of drug-likeness (QED) is 0.734. The summed E-state index contributed by atoms with van der Waals surface area (Å²) in [6.07, 6.45) is 1.10. The molecule has 0 spiro atoms. The van der Waals surface area contributed by atoms with Crippen LogP contribution in [-0.4, -0.2) is 55.5 Å². The van der Waals surface area contributed by atoms with Crippen LogP contribution in [0.15, 0.2) is 24.3 Å². The van der Waals surface area contributed by atoms with Gasteiger partial charge in [-0.25, -0.2) is 0 Å². The number of carbonyl (C=O) groups is 3. The maximum atomic E-state index is 12.2. The molecule has 0 radical (unpaired) electrons. The Hall–Kier alpha value is -2.57. The SMILES string of the molecule is CCOc1ccccc1C(=O)NCC(=O)OCC(=O)N1C[C@H](C)C[C@H](C)C1. The number of para-hydroxylation sites is 1. The van der Waals surface area contributed by atoms with Crippen molar-refractivity contribution in [2.75, 3.05) is 32.8 Å². The molecule has 1 N–H and O–H groups in total. The second kappa shape index (κ2) is 9.94. The van der Waals surface area contributed by atoms with Gasteiger partial charge >= 0.3 is 5.97 Å². The van der Waals surface area contributed by atoms with E-state index in [1.54, 1.807) is 29.2 Å². The smallest absolute Gasteiger partial charge is 0.325 e. The standard InChI is InChI=1S/C20H28N2O5/c1-4-26-17-8-6-5-7-16(17)20(25)21-10-19(24)27-13-18(23)22-11-14(2)9-15(3)12-22/h5-8,14-15H,4,9-13H2,1-3H3,(H,21,25)/t14-,15+. The van der Waals surface area contributed by atoms with Crippen molar-refractivity contribution in [3.63, 3.8) is 0 Å². The monoisotopic (exact) mass is 376 g/mol. The van der Waals surface area contributed by atoms with E-state index in [9.17, 15) is 14.4 Å². The van der Waals surface area contributed by atoms with E-state index in [0.29, 0.717) is 42.8 Å². The fourth-order valence-corrected chi connectivity index (χ4v) is 3.33. The first-order valence-corrected chi connectivity index (χ1v) is 9.34. The fraction of sp³-hybridized carbons (Fsp3) is 0.550. The lowest BCUT2D eigenvalue weighted by atomic mass is 9.92. The number of rotatable bonds is 7. The molecule has 1 aliphatic rings. The molecule has 1 fully saturated rings. The zero-order valence-electron chi connectivity index (χ0n) is 16.2. The minimum Gasteiger partial charge on any atom is -0.493 e. The van der Waals surface area contributed by atoms with Crippen molar-refractivity contribution in [3.05, 3.63) is 29.8 Å². The molecule has 2 amide bonds. The van der Waals surface area contributed by atoms with Gasteiger partial charge in [-0.2, -0.15) is 0 Å². The molecule has 0 unspecified atom stereocenters. The number of piperidine rings is 1. The molecule has 148 valence electrons. The Bertz CT molecular complexity index is 666. The molecular weight excluding hydrogens is 348 g/mol. The van der Waals surface area contributed by atoms with Crippen molar-refractivity contribution < 1.29 is 23.9 Å². The largest absolute Gasteiger partial charge is 0.493 e. The van der Waals surface area contributed by atoms with E-state index in [-0.39, 0.29) is 19.1 Å². The predicted molar refractivity (Wildman–Crippen MR) is 100 cm³/mol. The summed E-state index contributed by atoms with van der Waals surface area (Å²) in [5.74, 6) is 0.0602. The van der Waals surface area contributed by atoms with Gasteiger partial charge in [-0.3, -0.25) is 14.4 Å². The van der Waals surface area contributed by atoms with Gasteiger partial charge in [0.05, 0.1) is 12.2 Å². The number of ether oxygens (including phenoxy) is 2. The van der Waals surface area contributed by atoms with Gasteiger partial charge < -0.3 is 19.7 Å². The lowest BCUT2D eigenvalue weighted by molar-refractivity contribution is -0.152. The van der Waals surface area contributed by atoms with Gasteiger partial charge in [0.2, 0.25) is 0 Å². The number of esters is 1. The summed E-state index contributed by atoms with van der Waals surface area (Å²) in [6, 6.07) is 6.79. The number of benzene rings is 1. The lowest BCUT2D eigenvalue weighted by Crippen LogP contribution is -2.44. The van der Waals surface area contributed by atoms with Crippen molar-refractivity contribution in [1.29, 1.82) is 0 Å². The average molecular weight is 376 g/mol. The summed E-state index contributed by atoms with van der Waals surface area (Å²) in [4.78, 5) is 38.0. The van der Waals surface area contributed by atoms with Gasteiger partial charge in [0, 0.05) is 13.1 Å². The van der Waals surface area contributed by atoms with Crippen LogP contribution in [0.4, 0.5) is 0 Å². The van der Waals surface area contributed by atoms with E-state index in [0.717, 1.165) is 6.42 Å². The van der Waals surface area contributed by atoms with E-state index < -0.39 is 11.9 Å². The number of carbonyl (C=O) groups excluding carboxylic acids is 3. The second-order valence-electron chi connectivity index (χ2n) is 7.02. The highest BCUT2D eigenvalue weighted by molar-refractivity contribution is 5.98. The van der Waals surface area contributed by atoms with Crippen LogP contribution >= 0.6 is 0 Å². The summed E-state index contributed by atoms with van der Waals surface area (Å²) in [7, 11) is 0. The van der Waals surface area contributed by atoms with Crippen LogP contribution in [0.1, 0.15) is 37.6 Å². The molecule has 2 rings (SSSR count). The summed E-state index contributed by atoms with van der Waals surface area (Å²) in [6.45, 7) is 7.24. The lowest BCUT2D eigenvalue weighted by Gasteiger charge is -2.34. The van der Waals surface area contributed by atoms with E-state index >= 15 is 0 Å². The molecule has 1 aromatic carbocycles. The number of nitrogens with zero attached hydrogens (tertiary/aromatic N) is 1. The van der Waals surface area contributed by atoms with Crippen molar-refractivity contribution in [3.8, 4) is 5.75 Å². The van der Waals surface area contributed by atoms with E-state index in [4.69, 9.17) is 9.47 Å². The minimum atomic E-state index is -0.649. The number of hydrogen-bond acceptors (Lipinski definition) is 5. The van der Waals surface area contributed by atoms with E-state index in [1.165, 1.54) is 0 Å². The molecule has 1 heterocycles. The first kappa shape index (κ1) is 20.7. The van der Waals surface area contributed by atoms with Crippen LogP contribution in [-0.2, 0) is 14.3 Å². The Balaban J connectivity index is 1.77. The maximum Gasteiger partial charge on any atom is 0.325 e. The Morgan fingerprint density at radius 2 is 1.81 bits per heavy atom. The molecule has 0 aromatic heterocycles. The van der Waals surface area contributed by atoms with Crippen LogP contribution in [0.25, 0.3) is 0 Å². The molecule has 1 aromatic rings. The highest BCUT2D eigenvalue weighted by Gasteiger charge is 2.26. The van der Waals surface area contributed by atoms with Crippen LogP contribution < -0.4 is 10.1 Å². The zero-order valence-corrected chi connectivity index (χ0v) is 16.2. The fourth-order valence-electron chi connectivity index (χ4n) is 3.33. The molecule has 1 saturated heterocycles. The number of nitrogens with one attached hydrogen (secondary N) is 1. The molecular formula is C20H28N2O5. The average Bonchev–Trinajstić information content (AvgIpc) is 2.64. The van der Waals surface area contributed by atoms with Crippen LogP contribution in [0.5, 0.6) is 5.75 Å². The van der Waals surface area contributed by atoms with Gasteiger partial charge in [0.25, 0.3) is 11.8 Å². The Morgan fingerprint density at radius 1 is 1.15 bits per heavy atom. The molecule has 0 aliphatic carbocycles. The third kappa shape index (κ3) is 6.27. The molecule has 7 nitrogen and oxygen atoms in total. The van der Waals surface area contributed by atoms with Gasteiger partial charge in [-0.05, 0) is 37.3 Å². The Kier molecular flexibility index (Phi) is 7.64. The van der Waals surface area contributed by atoms with Gasteiger partial charge in [0.15, 0.2) is 6.61 Å². The minimum absolute atomic E-state index is 0.199. The van der Waals surface area contributed by atoms with Crippen molar-refractivity contribution in [2.45, 2.75) is 27.2 Å². The highest BCUT2D eigenvalue weighted by atomic mass is 16.5. The van der Waals surface area contributed by atoms with Crippen LogP contribution in [0.2, 0.25) is 0 Å². The highest BCUT2D eigenvalue weighted by Crippen LogP contribution is 2.21. The maximum absolute atomic E-state index is 12.2. The predicted octanol–water partition coefficient (Wildman–Crippen LogP) is 1.86. The first-order valence-electron chi connectivity index (χ1n) is 9.34. The summed E-state index contributed by atoms with van der Waals surface area (Å²) >= 11 is 0. The van der Waals surface area contributed by atoms with Crippen molar-refractivity contribution >= 4 is 17.8 Å². The Labute approximate surface area is 160 Å². The Morgan fingerprint density at radius 3 is 2.48 bits per heavy atom. The number of likely N-dealkylation sites (tertiary alicyclic amines) is 1. The second-order valence-corrected chi connectivity index (χ2v) is 7.02. The van der Waals surface area contributed by atoms with Crippen molar-refractivity contribution in [1.82, 2.24) is 10.2 Å². The molecule has 2 atom stereocenters. The number of amides is 2. The summed E-state index contributed by atoms with van der Waals surface area (Å²) in [5, 5.41) is 2.50. The van der Waals surface area contributed by atoms with Crippen LogP contribution in [0, 0.1) is 11.8 Å². The molecule has 0 saturated carbocycles. The number of hydrogen-bond donors (Lipinski definition) is 1. The van der Waals surface area contributed by atoms with E-state index in [2.05, 4.69) is 19.2 Å². The summed E-state index contributed by atoms with van der Waals surface area (Å²) in [5.41, 5.74) is 0.347. The molecule has 7 heteroatoms. The van der Waals surface area contributed by atoms with Crippen LogP contribution in [0.3, 0.4) is 0 Å². The van der Waals surface area contributed by atoms with Gasteiger partial charge in [-0.1, -0.05) is 26.0 Å². The van der Waals surface area contributed by atoms with Gasteiger partial charge in [-0.15, -0.1) is 0 Å². The summed E-state index contributed by atoms with van der Waals surface area (Å²) < 4.78 is 10.4. The van der Waals surface area contributed by atoms with Gasteiger partial charge in [0.1, 0.15) is 12.3 Å². The molecule has 27 heavy (non-hydrogen) atoms. The zero-order chi connectivity index (χ0) is 19.8. The normalized spacial score (nSPS) is 19.3. The van der Waals surface area contributed by atoms with E-state index in [1.807, 2.05) is 6.92 Å². The first-order chi connectivity index (χ1) is 12.9.